The second-order valence-electron chi connectivity index (χ2n) is 5.35. The van der Waals surface area contributed by atoms with Gasteiger partial charge in [0.15, 0.2) is 11.5 Å². The largest absolute Gasteiger partial charge is 0.493 e. The van der Waals surface area contributed by atoms with Crippen molar-refractivity contribution in [3.05, 3.63) is 53.3 Å². The number of rotatable bonds is 6. The number of benzene rings is 2. The molecule has 24 heavy (non-hydrogen) atoms. The van der Waals surface area contributed by atoms with E-state index in [4.69, 9.17) is 9.47 Å². The van der Waals surface area contributed by atoms with Gasteiger partial charge in [0.25, 0.3) is 0 Å². The van der Waals surface area contributed by atoms with Gasteiger partial charge in [-0.1, -0.05) is 18.2 Å². The van der Waals surface area contributed by atoms with Crippen LogP contribution in [0.4, 0.5) is 4.39 Å². The van der Waals surface area contributed by atoms with Gasteiger partial charge in [-0.25, -0.2) is 12.8 Å². The molecule has 0 spiro atoms. The maximum Gasteiger partial charge on any atom is 0.246 e. The molecular weight excluding hydrogens is 333 g/mol. The maximum atomic E-state index is 14.0. The Labute approximate surface area is 141 Å². The van der Waals surface area contributed by atoms with Crippen LogP contribution in [0.15, 0.2) is 41.3 Å². The van der Waals surface area contributed by atoms with E-state index in [1.807, 2.05) is 0 Å². The van der Waals surface area contributed by atoms with Crippen molar-refractivity contribution in [1.29, 1.82) is 0 Å². The standard InChI is InChI=1S/C17H20FNO4S/c1-12-8-9-14(18)16(10-12)24(20,21)19(2)11-13-6-5-7-15(22-3)17(13)23-4/h5-10H,11H2,1-4H3. The highest BCUT2D eigenvalue weighted by Crippen LogP contribution is 2.32. The maximum absolute atomic E-state index is 14.0. The topological polar surface area (TPSA) is 55.8 Å². The van der Waals surface area contributed by atoms with Gasteiger partial charge in [-0.3, -0.25) is 0 Å². The average molecular weight is 353 g/mol. The van der Waals surface area contributed by atoms with E-state index >= 15 is 0 Å². The molecule has 0 bridgehead atoms. The van der Waals surface area contributed by atoms with Crippen molar-refractivity contribution in [2.24, 2.45) is 0 Å². The average Bonchev–Trinajstić information content (AvgIpc) is 2.56. The molecule has 0 aliphatic carbocycles. The molecule has 2 aromatic carbocycles. The van der Waals surface area contributed by atoms with Crippen molar-refractivity contribution in [3.8, 4) is 11.5 Å². The van der Waals surface area contributed by atoms with Gasteiger partial charge in [-0.2, -0.15) is 4.31 Å². The first-order valence-electron chi connectivity index (χ1n) is 7.23. The van der Waals surface area contributed by atoms with Gasteiger partial charge in [0.1, 0.15) is 10.7 Å². The van der Waals surface area contributed by atoms with Crippen LogP contribution in [0.3, 0.4) is 0 Å². The Balaban J connectivity index is 2.39. The van der Waals surface area contributed by atoms with Crippen molar-refractivity contribution in [2.45, 2.75) is 18.4 Å². The molecular formula is C17H20FNO4S. The molecule has 0 atom stereocenters. The highest BCUT2D eigenvalue weighted by molar-refractivity contribution is 7.89. The van der Waals surface area contributed by atoms with E-state index in [1.165, 1.54) is 33.4 Å². The predicted molar refractivity (Wildman–Crippen MR) is 89.3 cm³/mol. The summed E-state index contributed by atoms with van der Waals surface area (Å²) in [7, 11) is 0.412. The van der Waals surface area contributed by atoms with E-state index in [2.05, 4.69) is 0 Å². The fraction of sp³-hybridized carbons (Fsp3) is 0.294. The first kappa shape index (κ1) is 18.2. The first-order valence-corrected chi connectivity index (χ1v) is 8.67. The molecule has 0 aliphatic rings. The molecule has 0 fully saturated rings. The van der Waals surface area contributed by atoms with Crippen molar-refractivity contribution in [1.82, 2.24) is 4.31 Å². The van der Waals surface area contributed by atoms with Crippen molar-refractivity contribution in [3.63, 3.8) is 0 Å². The number of ether oxygens (including phenoxy) is 2. The van der Waals surface area contributed by atoms with Gasteiger partial charge < -0.3 is 9.47 Å². The molecule has 0 heterocycles. The lowest BCUT2D eigenvalue weighted by Crippen LogP contribution is -2.27. The van der Waals surface area contributed by atoms with Crippen LogP contribution in [-0.4, -0.2) is 34.0 Å². The molecule has 2 aromatic rings. The van der Waals surface area contributed by atoms with E-state index in [0.29, 0.717) is 22.6 Å². The zero-order valence-electron chi connectivity index (χ0n) is 14.0. The Bertz CT molecular complexity index is 836. The van der Waals surface area contributed by atoms with Gasteiger partial charge in [0.2, 0.25) is 10.0 Å². The summed E-state index contributed by atoms with van der Waals surface area (Å²) in [4.78, 5) is -0.341. The Hall–Kier alpha value is -2.12. The number of sulfonamides is 1. The molecule has 0 saturated heterocycles. The SMILES string of the molecule is COc1cccc(CN(C)S(=O)(=O)c2cc(C)ccc2F)c1OC. The van der Waals surface area contributed by atoms with E-state index in [9.17, 15) is 12.8 Å². The highest BCUT2D eigenvalue weighted by atomic mass is 32.2. The quantitative estimate of drug-likeness (QED) is 0.801. The van der Waals surface area contributed by atoms with Crippen LogP contribution in [0.25, 0.3) is 0 Å². The Morgan fingerprint density at radius 2 is 1.83 bits per heavy atom. The van der Waals surface area contributed by atoms with E-state index in [1.54, 1.807) is 25.1 Å². The second kappa shape index (κ2) is 7.19. The fourth-order valence-electron chi connectivity index (χ4n) is 2.38. The summed E-state index contributed by atoms with van der Waals surface area (Å²) in [5.41, 5.74) is 1.29. The highest BCUT2D eigenvalue weighted by Gasteiger charge is 2.26. The van der Waals surface area contributed by atoms with Crippen LogP contribution in [-0.2, 0) is 16.6 Å². The monoisotopic (exact) mass is 353 g/mol. The molecule has 0 unspecified atom stereocenters. The van der Waals surface area contributed by atoms with E-state index in [0.717, 1.165) is 10.4 Å². The number of nitrogens with zero attached hydrogens (tertiary/aromatic N) is 1. The number of halogens is 1. The molecule has 130 valence electrons. The van der Waals surface area contributed by atoms with Crippen molar-refractivity contribution >= 4 is 10.0 Å². The smallest absolute Gasteiger partial charge is 0.246 e. The summed E-state index contributed by atoms with van der Waals surface area (Å²) >= 11 is 0. The number of hydrogen-bond acceptors (Lipinski definition) is 4. The van der Waals surface area contributed by atoms with Crippen LogP contribution in [0.5, 0.6) is 11.5 Å². The Morgan fingerprint density at radius 1 is 1.12 bits per heavy atom. The third kappa shape index (κ3) is 3.52. The summed E-state index contributed by atoms with van der Waals surface area (Å²) in [5, 5.41) is 0. The summed E-state index contributed by atoms with van der Waals surface area (Å²) in [6.07, 6.45) is 0. The number of hydrogen-bond donors (Lipinski definition) is 0. The van der Waals surface area contributed by atoms with Crippen molar-refractivity contribution in [2.75, 3.05) is 21.3 Å². The second-order valence-corrected chi connectivity index (χ2v) is 7.36. The molecule has 7 heteroatoms. The van der Waals surface area contributed by atoms with Gasteiger partial charge in [-0.05, 0) is 30.7 Å². The molecule has 0 aromatic heterocycles. The summed E-state index contributed by atoms with van der Waals surface area (Å²) in [6, 6.07) is 9.20. The minimum atomic E-state index is -3.97. The zero-order chi connectivity index (χ0) is 17.9. The van der Waals surface area contributed by atoms with Crippen LogP contribution in [0.2, 0.25) is 0 Å². The fourth-order valence-corrected chi connectivity index (χ4v) is 3.67. The van der Waals surface area contributed by atoms with Crippen LogP contribution >= 0.6 is 0 Å². The lowest BCUT2D eigenvalue weighted by molar-refractivity contribution is 0.347. The molecule has 2 rings (SSSR count). The van der Waals surface area contributed by atoms with Crippen LogP contribution in [0.1, 0.15) is 11.1 Å². The molecule has 0 amide bonds. The van der Waals surface area contributed by atoms with Crippen LogP contribution in [0, 0.1) is 12.7 Å². The first-order chi connectivity index (χ1) is 11.3. The number of aryl methyl sites for hydroxylation is 1. The molecule has 0 N–H and O–H groups in total. The minimum Gasteiger partial charge on any atom is -0.493 e. The van der Waals surface area contributed by atoms with E-state index < -0.39 is 15.8 Å². The van der Waals surface area contributed by atoms with Crippen LogP contribution < -0.4 is 9.47 Å². The molecule has 0 saturated carbocycles. The van der Waals surface area contributed by atoms with Gasteiger partial charge in [-0.15, -0.1) is 0 Å². The molecule has 0 aliphatic heterocycles. The summed E-state index contributed by atoms with van der Waals surface area (Å²) < 4.78 is 50.9. The third-order valence-corrected chi connectivity index (χ3v) is 5.47. The number of para-hydroxylation sites is 1. The van der Waals surface area contributed by atoms with Gasteiger partial charge in [0, 0.05) is 19.2 Å². The molecule has 0 radical (unpaired) electrons. The predicted octanol–water partition coefficient (Wildman–Crippen LogP) is 2.97. The third-order valence-electron chi connectivity index (χ3n) is 3.65. The zero-order valence-corrected chi connectivity index (χ0v) is 14.9. The lowest BCUT2D eigenvalue weighted by atomic mass is 10.2. The Kier molecular flexibility index (Phi) is 5.46. The summed E-state index contributed by atoms with van der Waals surface area (Å²) in [6.45, 7) is 1.74. The number of methoxy groups -OCH3 is 2. The molecule has 5 nitrogen and oxygen atoms in total. The van der Waals surface area contributed by atoms with Gasteiger partial charge in [0.05, 0.1) is 14.2 Å². The van der Waals surface area contributed by atoms with Gasteiger partial charge >= 0.3 is 0 Å². The van der Waals surface area contributed by atoms with Crippen molar-refractivity contribution < 1.29 is 22.3 Å². The summed E-state index contributed by atoms with van der Waals surface area (Å²) in [5.74, 6) is 0.180. The van der Waals surface area contributed by atoms with E-state index in [-0.39, 0.29) is 11.4 Å². The lowest BCUT2D eigenvalue weighted by Gasteiger charge is -2.20. The minimum absolute atomic E-state index is 0.0239. The normalized spacial score (nSPS) is 11.6. The Morgan fingerprint density at radius 3 is 2.46 bits per heavy atom.